The maximum absolute atomic E-state index is 12.2. The minimum absolute atomic E-state index is 0.0244. The summed E-state index contributed by atoms with van der Waals surface area (Å²) in [6, 6.07) is 5.19. The first-order valence-corrected chi connectivity index (χ1v) is 9.20. The molecular weight excluding hydrogens is 350 g/mol. The fourth-order valence-electron chi connectivity index (χ4n) is 3.13. The number of carbonyl (C=O) groups excluding carboxylic acids is 1. The summed E-state index contributed by atoms with van der Waals surface area (Å²) in [5.41, 5.74) is 0.609. The number of rotatable bonds is 9. The summed E-state index contributed by atoms with van der Waals surface area (Å²) in [6.45, 7) is 6.52. The second-order valence-corrected chi connectivity index (χ2v) is 6.91. The molecule has 0 heterocycles. The predicted octanol–water partition coefficient (Wildman–Crippen LogP) is 2.54. The second-order valence-electron chi connectivity index (χ2n) is 6.91. The molecule has 1 aliphatic rings. The molecule has 8 nitrogen and oxygen atoms in total. The average Bonchev–Trinajstić information content (AvgIpc) is 2.56. The van der Waals surface area contributed by atoms with Gasteiger partial charge in [-0.05, 0) is 45.4 Å². The van der Waals surface area contributed by atoms with Gasteiger partial charge in [0.25, 0.3) is 0 Å². The maximum atomic E-state index is 12.2. The van der Waals surface area contributed by atoms with Crippen LogP contribution in [0.15, 0.2) is 18.2 Å². The largest absolute Gasteiger partial charge is 0.493 e. The fourth-order valence-corrected chi connectivity index (χ4v) is 3.13. The number of carboxylic acid groups (broad SMARTS) is 1. The van der Waals surface area contributed by atoms with E-state index in [-0.39, 0.29) is 30.8 Å². The van der Waals surface area contributed by atoms with Crippen LogP contribution in [0.25, 0.3) is 0 Å². The Labute approximate surface area is 159 Å². The standard InChI is InChI=1S/C19H29N3O5/c1-5-22(11-18(23)24)15-8-14(9-15)21-19(25)20-13-6-7-16(27-12(2)3)17(10-13)26-4/h6-7,10,12,14-15H,5,8-9,11H2,1-4H3,(H,23,24)(H2,20,21,25). The third-order valence-corrected chi connectivity index (χ3v) is 4.49. The van der Waals surface area contributed by atoms with Gasteiger partial charge in [0.05, 0.1) is 19.8 Å². The number of likely N-dealkylation sites (N-methyl/N-ethyl adjacent to an activating group) is 1. The van der Waals surface area contributed by atoms with Crippen molar-refractivity contribution in [3.63, 3.8) is 0 Å². The van der Waals surface area contributed by atoms with E-state index in [4.69, 9.17) is 14.6 Å². The minimum Gasteiger partial charge on any atom is -0.493 e. The Kier molecular flexibility index (Phi) is 7.29. The van der Waals surface area contributed by atoms with Crippen LogP contribution < -0.4 is 20.1 Å². The smallest absolute Gasteiger partial charge is 0.319 e. The summed E-state index contributed by atoms with van der Waals surface area (Å²) in [5.74, 6) is 0.348. The van der Waals surface area contributed by atoms with Gasteiger partial charge >= 0.3 is 12.0 Å². The van der Waals surface area contributed by atoms with Crippen LogP contribution in [-0.2, 0) is 4.79 Å². The molecule has 0 radical (unpaired) electrons. The number of urea groups is 1. The molecule has 1 aromatic rings. The molecule has 0 aliphatic heterocycles. The molecule has 0 atom stereocenters. The molecule has 2 amide bonds. The number of anilines is 1. The first kappa shape index (κ1) is 20.8. The molecule has 0 saturated heterocycles. The van der Waals surface area contributed by atoms with Crippen molar-refractivity contribution in [1.29, 1.82) is 0 Å². The highest BCUT2D eigenvalue weighted by Crippen LogP contribution is 2.31. The van der Waals surface area contributed by atoms with Crippen molar-refractivity contribution in [3.05, 3.63) is 18.2 Å². The van der Waals surface area contributed by atoms with Gasteiger partial charge in [0.2, 0.25) is 0 Å². The van der Waals surface area contributed by atoms with E-state index in [1.54, 1.807) is 25.3 Å². The Morgan fingerprint density at radius 3 is 2.56 bits per heavy atom. The first-order chi connectivity index (χ1) is 12.8. The van der Waals surface area contributed by atoms with Gasteiger partial charge in [-0.3, -0.25) is 9.69 Å². The second kappa shape index (κ2) is 9.45. The Bertz CT molecular complexity index is 659. The zero-order valence-corrected chi connectivity index (χ0v) is 16.3. The number of hydrogen-bond acceptors (Lipinski definition) is 5. The summed E-state index contributed by atoms with van der Waals surface area (Å²) in [5, 5.41) is 14.6. The van der Waals surface area contributed by atoms with Gasteiger partial charge in [0.1, 0.15) is 0 Å². The van der Waals surface area contributed by atoms with Gasteiger partial charge in [-0.15, -0.1) is 0 Å². The number of carbonyl (C=O) groups is 2. The zero-order valence-electron chi connectivity index (χ0n) is 16.3. The predicted molar refractivity (Wildman–Crippen MR) is 103 cm³/mol. The van der Waals surface area contributed by atoms with Gasteiger partial charge in [-0.1, -0.05) is 6.92 Å². The van der Waals surface area contributed by atoms with E-state index < -0.39 is 5.97 Å². The van der Waals surface area contributed by atoms with E-state index in [0.29, 0.717) is 23.7 Å². The molecule has 150 valence electrons. The highest BCUT2D eigenvalue weighted by atomic mass is 16.5. The van der Waals surface area contributed by atoms with Crippen molar-refractivity contribution < 1.29 is 24.2 Å². The molecule has 1 aromatic carbocycles. The average molecular weight is 379 g/mol. The first-order valence-electron chi connectivity index (χ1n) is 9.20. The summed E-state index contributed by atoms with van der Waals surface area (Å²) >= 11 is 0. The van der Waals surface area contributed by atoms with Crippen molar-refractivity contribution in [1.82, 2.24) is 10.2 Å². The van der Waals surface area contributed by atoms with E-state index in [0.717, 1.165) is 12.8 Å². The van der Waals surface area contributed by atoms with E-state index in [1.165, 1.54) is 0 Å². The van der Waals surface area contributed by atoms with Crippen LogP contribution in [0.1, 0.15) is 33.6 Å². The molecular formula is C19H29N3O5. The van der Waals surface area contributed by atoms with Crippen LogP contribution in [0.2, 0.25) is 0 Å². The monoisotopic (exact) mass is 379 g/mol. The number of ether oxygens (including phenoxy) is 2. The third kappa shape index (κ3) is 6.02. The van der Waals surface area contributed by atoms with Crippen molar-refractivity contribution in [2.75, 3.05) is 25.5 Å². The number of benzene rings is 1. The van der Waals surface area contributed by atoms with Crippen LogP contribution >= 0.6 is 0 Å². The van der Waals surface area contributed by atoms with Crippen molar-refractivity contribution in [3.8, 4) is 11.5 Å². The molecule has 1 aliphatic carbocycles. The lowest BCUT2D eigenvalue weighted by molar-refractivity contribution is -0.139. The molecule has 0 aromatic heterocycles. The van der Waals surface area contributed by atoms with Crippen LogP contribution in [0, 0.1) is 0 Å². The molecule has 0 bridgehead atoms. The highest BCUT2D eigenvalue weighted by molar-refractivity contribution is 5.90. The van der Waals surface area contributed by atoms with E-state index in [2.05, 4.69) is 10.6 Å². The summed E-state index contributed by atoms with van der Waals surface area (Å²) < 4.78 is 11.0. The topological polar surface area (TPSA) is 100 Å². The SMILES string of the molecule is CCN(CC(=O)O)C1CC(NC(=O)Nc2ccc(OC(C)C)c(OC)c2)C1. The Morgan fingerprint density at radius 2 is 2.00 bits per heavy atom. The number of carboxylic acids is 1. The lowest BCUT2D eigenvalue weighted by Crippen LogP contribution is -2.55. The van der Waals surface area contributed by atoms with Gasteiger partial charge in [0.15, 0.2) is 11.5 Å². The van der Waals surface area contributed by atoms with Crippen LogP contribution in [0.5, 0.6) is 11.5 Å². The number of methoxy groups -OCH3 is 1. The van der Waals surface area contributed by atoms with Crippen molar-refractivity contribution in [2.45, 2.75) is 51.8 Å². The Morgan fingerprint density at radius 1 is 1.30 bits per heavy atom. The number of amides is 2. The fraction of sp³-hybridized carbons (Fsp3) is 0.579. The van der Waals surface area contributed by atoms with E-state index in [1.807, 2.05) is 25.7 Å². The molecule has 8 heteroatoms. The maximum Gasteiger partial charge on any atom is 0.319 e. The lowest BCUT2D eigenvalue weighted by Gasteiger charge is -2.42. The summed E-state index contributed by atoms with van der Waals surface area (Å²) in [6.07, 6.45) is 1.52. The molecule has 1 saturated carbocycles. The number of nitrogens with one attached hydrogen (secondary N) is 2. The zero-order chi connectivity index (χ0) is 20.0. The molecule has 3 N–H and O–H groups in total. The molecule has 0 spiro atoms. The summed E-state index contributed by atoms with van der Waals surface area (Å²) in [4.78, 5) is 25.0. The number of aliphatic carboxylic acids is 1. The number of hydrogen-bond donors (Lipinski definition) is 3. The van der Waals surface area contributed by atoms with E-state index >= 15 is 0 Å². The van der Waals surface area contributed by atoms with Crippen LogP contribution in [-0.4, -0.2) is 60.4 Å². The highest BCUT2D eigenvalue weighted by Gasteiger charge is 2.34. The number of nitrogens with zero attached hydrogens (tertiary/aromatic N) is 1. The Hall–Kier alpha value is -2.48. The Balaban J connectivity index is 1.84. The van der Waals surface area contributed by atoms with Crippen LogP contribution in [0.4, 0.5) is 10.5 Å². The van der Waals surface area contributed by atoms with Gasteiger partial charge < -0.3 is 25.2 Å². The van der Waals surface area contributed by atoms with Gasteiger partial charge in [-0.25, -0.2) is 4.79 Å². The van der Waals surface area contributed by atoms with Crippen molar-refractivity contribution >= 4 is 17.7 Å². The molecule has 27 heavy (non-hydrogen) atoms. The molecule has 2 rings (SSSR count). The minimum atomic E-state index is -0.829. The summed E-state index contributed by atoms with van der Waals surface area (Å²) in [7, 11) is 1.55. The van der Waals surface area contributed by atoms with Gasteiger partial charge in [-0.2, -0.15) is 0 Å². The lowest BCUT2D eigenvalue weighted by atomic mass is 9.85. The quantitative estimate of drug-likeness (QED) is 0.610. The van der Waals surface area contributed by atoms with E-state index in [9.17, 15) is 9.59 Å². The third-order valence-electron chi connectivity index (χ3n) is 4.49. The van der Waals surface area contributed by atoms with Crippen molar-refractivity contribution in [2.24, 2.45) is 0 Å². The normalized spacial score (nSPS) is 18.7. The molecule has 0 unspecified atom stereocenters. The van der Waals surface area contributed by atoms with Gasteiger partial charge in [0, 0.05) is 23.8 Å². The van der Waals surface area contributed by atoms with Crippen LogP contribution in [0.3, 0.4) is 0 Å². The molecule has 1 fully saturated rings.